The zero-order chi connectivity index (χ0) is 16.2. The van der Waals surface area contributed by atoms with Gasteiger partial charge in [0.2, 0.25) is 0 Å². The first-order valence-electron chi connectivity index (χ1n) is 7.05. The molecule has 23 heavy (non-hydrogen) atoms. The van der Waals surface area contributed by atoms with Crippen LogP contribution < -0.4 is 4.90 Å². The van der Waals surface area contributed by atoms with Crippen molar-refractivity contribution >= 4 is 11.8 Å². The number of aromatic nitrogens is 2. The number of carbonyl (C=O) groups is 1. The van der Waals surface area contributed by atoms with Crippen LogP contribution >= 0.6 is 0 Å². The molecule has 0 aliphatic carbocycles. The number of hydrogen-bond donors (Lipinski definition) is 1. The average Bonchev–Trinajstić information content (AvgIpc) is 3.10. The molecular weight excluding hydrogens is 294 g/mol. The molecule has 0 aliphatic heterocycles. The van der Waals surface area contributed by atoms with Crippen molar-refractivity contribution in [3.05, 3.63) is 66.1 Å². The highest BCUT2D eigenvalue weighted by molar-refractivity contribution is 5.86. The van der Waals surface area contributed by atoms with Crippen LogP contribution in [0.15, 0.2) is 59.2 Å². The zero-order valence-electron chi connectivity index (χ0n) is 12.5. The quantitative estimate of drug-likeness (QED) is 0.780. The molecular formula is C17H15N3O3. The molecule has 0 radical (unpaired) electrons. The van der Waals surface area contributed by atoms with E-state index in [1.165, 1.54) is 12.3 Å². The van der Waals surface area contributed by atoms with Crippen molar-refractivity contribution in [3.8, 4) is 11.6 Å². The number of furan rings is 1. The number of carboxylic acid groups (broad SMARTS) is 1. The summed E-state index contributed by atoms with van der Waals surface area (Å²) >= 11 is 0. The molecule has 2 heterocycles. The maximum atomic E-state index is 11.3. The van der Waals surface area contributed by atoms with Crippen LogP contribution in [-0.4, -0.2) is 28.1 Å². The summed E-state index contributed by atoms with van der Waals surface area (Å²) in [4.78, 5) is 21.6. The lowest BCUT2D eigenvalue weighted by molar-refractivity contribution is 0.0690. The van der Waals surface area contributed by atoms with Gasteiger partial charge < -0.3 is 14.4 Å². The first-order chi connectivity index (χ1) is 11.1. The smallest absolute Gasteiger partial charge is 0.354 e. The van der Waals surface area contributed by atoms with Gasteiger partial charge in [-0.15, -0.1) is 0 Å². The van der Waals surface area contributed by atoms with Crippen LogP contribution in [0.3, 0.4) is 0 Å². The number of carboxylic acids is 1. The maximum Gasteiger partial charge on any atom is 0.354 e. The lowest BCUT2D eigenvalue weighted by atomic mass is 10.2. The van der Waals surface area contributed by atoms with Gasteiger partial charge in [-0.2, -0.15) is 0 Å². The number of rotatable bonds is 5. The van der Waals surface area contributed by atoms with E-state index in [1.54, 1.807) is 12.1 Å². The van der Waals surface area contributed by atoms with Crippen LogP contribution in [0, 0.1) is 0 Å². The molecule has 1 aromatic carbocycles. The summed E-state index contributed by atoms with van der Waals surface area (Å²) in [6, 6.07) is 14.7. The van der Waals surface area contributed by atoms with Crippen LogP contribution in [0.2, 0.25) is 0 Å². The van der Waals surface area contributed by atoms with Gasteiger partial charge in [0.25, 0.3) is 0 Å². The van der Waals surface area contributed by atoms with Gasteiger partial charge in [0.15, 0.2) is 17.3 Å². The average molecular weight is 309 g/mol. The zero-order valence-corrected chi connectivity index (χ0v) is 12.5. The van der Waals surface area contributed by atoms with Gasteiger partial charge in [0.05, 0.1) is 6.26 Å². The Morgan fingerprint density at radius 2 is 1.96 bits per heavy atom. The summed E-state index contributed by atoms with van der Waals surface area (Å²) in [5, 5.41) is 9.26. The van der Waals surface area contributed by atoms with E-state index in [0.717, 1.165) is 5.56 Å². The molecule has 0 bridgehead atoms. The molecule has 0 fully saturated rings. The van der Waals surface area contributed by atoms with Crippen LogP contribution in [-0.2, 0) is 6.54 Å². The number of nitrogens with zero attached hydrogens (tertiary/aromatic N) is 3. The Kier molecular flexibility index (Phi) is 4.05. The van der Waals surface area contributed by atoms with Gasteiger partial charge in [0.1, 0.15) is 5.82 Å². The SMILES string of the molecule is CN(Cc1ccccc1)c1cc(C(=O)O)nc(-c2ccco2)n1. The fourth-order valence-electron chi connectivity index (χ4n) is 2.19. The molecule has 3 rings (SSSR count). The Hall–Kier alpha value is -3.15. The minimum Gasteiger partial charge on any atom is -0.477 e. The minimum absolute atomic E-state index is 0.0682. The van der Waals surface area contributed by atoms with Crippen molar-refractivity contribution in [2.75, 3.05) is 11.9 Å². The topological polar surface area (TPSA) is 79.5 Å². The van der Waals surface area contributed by atoms with Crippen molar-refractivity contribution < 1.29 is 14.3 Å². The highest BCUT2D eigenvalue weighted by Gasteiger charge is 2.15. The lowest BCUT2D eigenvalue weighted by Gasteiger charge is -2.19. The van der Waals surface area contributed by atoms with Crippen LogP contribution in [0.1, 0.15) is 16.1 Å². The molecule has 0 spiro atoms. The van der Waals surface area contributed by atoms with Gasteiger partial charge >= 0.3 is 5.97 Å². The van der Waals surface area contributed by atoms with E-state index < -0.39 is 5.97 Å². The fraction of sp³-hybridized carbons (Fsp3) is 0.118. The number of benzene rings is 1. The third-order valence-corrected chi connectivity index (χ3v) is 3.33. The van der Waals surface area contributed by atoms with E-state index in [1.807, 2.05) is 42.3 Å². The van der Waals surface area contributed by atoms with Gasteiger partial charge in [-0.1, -0.05) is 30.3 Å². The standard InChI is InChI=1S/C17H15N3O3/c1-20(11-12-6-3-2-4-7-12)15-10-13(17(21)22)18-16(19-15)14-8-5-9-23-14/h2-10H,11H2,1H3,(H,21,22). The lowest BCUT2D eigenvalue weighted by Crippen LogP contribution is -2.19. The van der Waals surface area contributed by atoms with Crippen LogP contribution in [0.5, 0.6) is 0 Å². The predicted molar refractivity (Wildman–Crippen MR) is 85.2 cm³/mol. The van der Waals surface area contributed by atoms with E-state index in [-0.39, 0.29) is 11.5 Å². The molecule has 0 atom stereocenters. The second-order valence-electron chi connectivity index (χ2n) is 5.06. The Bertz CT molecular complexity index is 801. The molecule has 6 nitrogen and oxygen atoms in total. The predicted octanol–water partition coefficient (Wildman–Crippen LogP) is 3.07. The number of anilines is 1. The largest absolute Gasteiger partial charge is 0.477 e. The number of aromatic carboxylic acids is 1. The first-order valence-corrected chi connectivity index (χ1v) is 7.05. The molecule has 116 valence electrons. The van der Waals surface area contributed by atoms with E-state index in [2.05, 4.69) is 9.97 Å². The van der Waals surface area contributed by atoms with Crippen molar-refractivity contribution in [3.63, 3.8) is 0 Å². The number of hydrogen-bond acceptors (Lipinski definition) is 5. The Morgan fingerprint density at radius 3 is 2.61 bits per heavy atom. The van der Waals surface area contributed by atoms with Crippen LogP contribution in [0.4, 0.5) is 5.82 Å². The molecule has 6 heteroatoms. The molecule has 1 N–H and O–H groups in total. The van der Waals surface area contributed by atoms with E-state index in [9.17, 15) is 9.90 Å². The third-order valence-electron chi connectivity index (χ3n) is 3.33. The van der Waals surface area contributed by atoms with Crippen molar-refractivity contribution in [1.82, 2.24) is 9.97 Å². The summed E-state index contributed by atoms with van der Waals surface area (Å²) in [7, 11) is 1.85. The Balaban J connectivity index is 1.96. The molecule has 0 saturated heterocycles. The summed E-state index contributed by atoms with van der Waals surface area (Å²) in [5.74, 6) is 0.106. The summed E-state index contributed by atoms with van der Waals surface area (Å²) in [6.45, 7) is 0.606. The van der Waals surface area contributed by atoms with Gasteiger partial charge in [-0.05, 0) is 17.7 Å². The van der Waals surface area contributed by atoms with E-state index in [0.29, 0.717) is 18.1 Å². The second kappa shape index (κ2) is 6.31. The summed E-state index contributed by atoms with van der Waals surface area (Å²) in [5.41, 5.74) is 1.03. The van der Waals surface area contributed by atoms with Crippen molar-refractivity contribution in [1.29, 1.82) is 0 Å². The fourth-order valence-corrected chi connectivity index (χ4v) is 2.19. The van der Waals surface area contributed by atoms with Crippen LogP contribution in [0.25, 0.3) is 11.6 Å². The Morgan fingerprint density at radius 1 is 1.17 bits per heavy atom. The highest BCUT2D eigenvalue weighted by atomic mass is 16.4. The van der Waals surface area contributed by atoms with Gasteiger partial charge in [-0.3, -0.25) is 0 Å². The van der Waals surface area contributed by atoms with E-state index in [4.69, 9.17) is 4.42 Å². The first kappa shape index (κ1) is 14.8. The monoisotopic (exact) mass is 309 g/mol. The minimum atomic E-state index is -1.10. The highest BCUT2D eigenvalue weighted by Crippen LogP contribution is 2.21. The second-order valence-corrected chi connectivity index (χ2v) is 5.06. The van der Waals surface area contributed by atoms with Gasteiger partial charge in [-0.25, -0.2) is 14.8 Å². The van der Waals surface area contributed by atoms with Crippen molar-refractivity contribution in [2.24, 2.45) is 0 Å². The molecule has 2 aromatic heterocycles. The molecule has 0 aliphatic rings. The maximum absolute atomic E-state index is 11.3. The van der Waals surface area contributed by atoms with E-state index >= 15 is 0 Å². The molecule has 3 aromatic rings. The Labute approximate surface area is 133 Å². The molecule has 0 unspecified atom stereocenters. The molecule has 0 saturated carbocycles. The molecule has 0 amide bonds. The third kappa shape index (κ3) is 3.37. The summed E-state index contributed by atoms with van der Waals surface area (Å²) < 4.78 is 5.27. The summed E-state index contributed by atoms with van der Waals surface area (Å²) in [6.07, 6.45) is 1.50. The van der Waals surface area contributed by atoms with Crippen molar-refractivity contribution in [2.45, 2.75) is 6.54 Å². The normalized spacial score (nSPS) is 10.5. The van der Waals surface area contributed by atoms with Gasteiger partial charge in [0, 0.05) is 19.7 Å².